The average Bonchev–Trinajstić information content (AvgIpc) is 3.56. The van der Waals surface area contributed by atoms with Gasteiger partial charge in [-0.2, -0.15) is 0 Å². The van der Waals surface area contributed by atoms with Crippen molar-refractivity contribution in [2.45, 2.75) is 155 Å². The molecule has 0 aliphatic heterocycles. The summed E-state index contributed by atoms with van der Waals surface area (Å²) in [4.78, 5) is 65.3. The molecular formula is C41H69BrN5O8P. The number of nitrogens with one attached hydrogen (secondary N) is 5. The number of unbranched alkanes of at least 4 members (excludes halogenated alkanes) is 13. The van der Waals surface area contributed by atoms with Crippen LogP contribution in [-0.4, -0.2) is 71.9 Å². The second-order valence-corrected chi connectivity index (χ2v) is 17.1. The average molecular weight is 871 g/mol. The zero-order valence-corrected chi connectivity index (χ0v) is 36.7. The Hall–Kier alpha value is -2.77. The Morgan fingerprint density at radius 3 is 2.02 bits per heavy atom. The van der Waals surface area contributed by atoms with Gasteiger partial charge in [0, 0.05) is 41.1 Å². The molecule has 0 spiro atoms. The number of fused-ring (bicyclic) bond motifs is 1. The van der Waals surface area contributed by atoms with Crippen molar-refractivity contribution in [1.82, 2.24) is 26.3 Å². The van der Waals surface area contributed by atoms with E-state index in [4.69, 9.17) is 9.05 Å². The standard InChI is InChI=1S/C41H69BrN5O8P/c1-5-8-10-11-12-13-14-15-16-17-18-19-20-21-37(48)46-36(40(50)43-24-9-6-2)30-55-56(52,53)54-26-25-44-41(51)39(31(4)7-3)47-38(49)27-32-29-45-35-23-22-33(42)28-34(32)35/h22-23,28-29,31,36,39,45H,5-21,24-27,30H2,1-4H3,(H,43,50)(H,44,51)(H,46,48)(H,47,49)(H,52,53)/t31-,36+,39-/m0/s1. The number of phosphoric acid groups is 1. The monoisotopic (exact) mass is 869 g/mol. The highest BCUT2D eigenvalue weighted by Crippen LogP contribution is 2.43. The molecule has 0 bridgehead atoms. The van der Waals surface area contributed by atoms with Crippen LogP contribution >= 0.6 is 23.8 Å². The number of hydrogen-bond acceptors (Lipinski definition) is 7. The van der Waals surface area contributed by atoms with E-state index in [1.54, 1.807) is 6.20 Å². The van der Waals surface area contributed by atoms with Crippen molar-refractivity contribution >= 4 is 58.3 Å². The molecule has 318 valence electrons. The largest absolute Gasteiger partial charge is 0.472 e. The lowest BCUT2D eigenvalue weighted by Crippen LogP contribution is -2.51. The molecule has 56 heavy (non-hydrogen) atoms. The van der Waals surface area contributed by atoms with Crippen LogP contribution in [0.1, 0.15) is 142 Å². The number of halogens is 1. The minimum absolute atomic E-state index is 0.0718. The molecule has 4 atom stereocenters. The van der Waals surface area contributed by atoms with Gasteiger partial charge in [-0.1, -0.05) is 134 Å². The second-order valence-electron chi connectivity index (χ2n) is 14.8. The maximum atomic E-state index is 13.1. The Bertz CT molecular complexity index is 1510. The number of amides is 4. The predicted octanol–water partition coefficient (Wildman–Crippen LogP) is 8.14. The molecule has 0 saturated carbocycles. The highest BCUT2D eigenvalue weighted by Gasteiger charge is 2.29. The van der Waals surface area contributed by atoms with Crippen molar-refractivity contribution < 1.29 is 37.7 Å². The lowest BCUT2D eigenvalue weighted by molar-refractivity contribution is -0.130. The Balaban J connectivity index is 1.77. The Morgan fingerprint density at radius 1 is 0.786 bits per heavy atom. The SMILES string of the molecule is CCCCCCCCCCCCCCCC(=O)N[C@H](COP(=O)(O)OCCNC(=O)[C@@H](NC(=O)Cc1c[nH]c2ccc(Br)cc12)[C@@H](C)CC)C(=O)NCCCC. The maximum Gasteiger partial charge on any atom is 0.472 e. The molecule has 1 heterocycles. The van der Waals surface area contributed by atoms with Gasteiger partial charge in [0.15, 0.2) is 0 Å². The van der Waals surface area contributed by atoms with Gasteiger partial charge >= 0.3 is 7.82 Å². The van der Waals surface area contributed by atoms with Gasteiger partial charge in [-0.05, 0) is 42.5 Å². The first-order chi connectivity index (χ1) is 26.9. The van der Waals surface area contributed by atoms with Crippen molar-refractivity contribution in [2.24, 2.45) is 5.92 Å². The third kappa shape index (κ3) is 20.6. The first kappa shape index (κ1) is 49.4. The number of rotatable bonds is 32. The number of phosphoric ester groups is 1. The topological polar surface area (TPSA) is 188 Å². The molecule has 1 aromatic carbocycles. The Labute approximate surface area is 343 Å². The van der Waals surface area contributed by atoms with E-state index in [0.717, 1.165) is 53.0 Å². The van der Waals surface area contributed by atoms with Crippen molar-refractivity contribution in [3.63, 3.8) is 0 Å². The van der Waals surface area contributed by atoms with Crippen LogP contribution in [-0.2, 0) is 39.2 Å². The zero-order valence-electron chi connectivity index (χ0n) is 34.2. The summed E-state index contributed by atoms with van der Waals surface area (Å²) in [7, 11) is -4.66. The van der Waals surface area contributed by atoms with Gasteiger partial charge in [0.2, 0.25) is 23.6 Å². The van der Waals surface area contributed by atoms with Crippen LogP contribution in [0.25, 0.3) is 10.9 Å². The maximum absolute atomic E-state index is 13.1. The fourth-order valence-corrected chi connectivity index (χ4v) is 7.41. The fourth-order valence-electron chi connectivity index (χ4n) is 6.31. The summed E-state index contributed by atoms with van der Waals surface area (Å²) >= 11 is 3.46. The molecule has 6 N–H and O–H groups in total. The number of H-pyrrole nitrogens is 1. The summed E-state index contributed by atoms with van der Waals surface area (Å²) in [5.74, 6) is -1.81. The van der Waals surface area contributed by atoms with Gasteiger partial charge in [0.1, 0.15) is 12.1 Å². The van der Waals surface area contributed by atoms with Crippen LogP contribution in [0.15, 0.2) is 28.9 Å². The molecule has 1 unspecified atom stereocenters. The normalized spacial score (nSPS) is 14.1. The number of aromatic nitrogens is 1. The quantitative estimate of drug-likeness (QED) is 0.0314. The fraction of sp³-hybridized carbons (Fsp3) is 0.707. The number of carbonyl (C=O) groups excluding carboxylic acids is 4. The number of aromatic amines is 1. The van der Waals surface area contributed by atoms with Crippen molar-refractivity contribution in [3.05, 3.63) is 34.4 Å². The van der Waals surface area contributed by atoms with Gasteiger partial charge in [-0.25, -0.2) is 4.57 Å². The summed E-state index contributed by atoms with van der Waals surface area (Å²) in [5, 5.41) is 11.8. The number of carbonyl (C=O) groups is 4. The van der Waals surface area contributed by atoms with Crippen LogP contribution < -0.4 is 21.3 Å². The minimum Gasteiger partial charge on any atom is -0.361 e. The van der Waals surface area contributed by atoms with Crippen molar-refractivity contribution in [1.29, 1.82) is 0 Å². The zero-order chi connectivity index (χ0) is 41.2. The van der Waals surface area contributed by atoms with E-state index in [1.807, 2.05) is 39.0 Å². The van der Waals surface area contributed by atoms with Crippen LogP contribution in [0.3, 0.4) is 0 Å². The molecule has 13 nitrogen and oxygen atoms in total. The third-order valence-corrected chi connectivity index (χ3v) is 11.4. The smallest absolute Gasteiger partial charge is 0.361 e. The van der Waals surface area contributed by atoms with Gasteiger partial charge < -0.3 is 31.1 Å². The van der Waals surface area contributed by atoms with Crippen LogP contribution in [0, 0.1) is 5.92 Å². The molecule has 0 radical (unpaired) electrons. The van der Waals surface area contributed by atoms with E-state index < -0.39 is 38.3 Å². The van der Waals surface area contributed by atoms with E-state index in [2.05, 4.69) is 49.1 Å². The molecule has 1 aromatic heterocycles. The summed E-state index contributed by atoms with van der Waals surface area (Å²) in [5.41, 5.74) is 1.69. The summed E-state index contributed by atoms with van der Waals surface area (Å²) in [6.45, 7) is 7.30. The molecule has 2 rings (SSSR count). The van der Waals surface area contributed by atoms with E-state index in [9.17, 15) is 28.6 Å². The Kier molecular flexibility index (Phi) is 25.2. The molecular weight excluding hydrogens is 801 g/mol. The van der Waals surface area contributed by atoms with Crippen molar-refractivity contribution in [3.8, 4) is 0 Å². The van der Waals surface area contributed by atoms with Gasteiger partial charge in [-0.3, -0.25) is 28.2 Å². The van der Waals surface area contributed by atoms with Crippen LogP contribution in [0.5, 0.6) is 0 Å². The van der Waals surface area contributed by atoms with Crippen molar-refractivity contribution in [2.75, 3.05) is 26.3 Å². The number of benzene rings is 1. The summed E-state index contributed by atoms with van der Waals surface area (Å²) in [6, 6.07) is 3.73. The van der Waals surface area contributed by atoms with Gasteiger partial charge in [0.05, 0.1) is 19.6 Å². The molecule has 2 aromatic rings. The van der Waals surface area contributed by atoms with Crippen LogP contribution in [0.4, 0.5) is 0 Å². The van der Waals surface area contributed by atoms with E-state index >= 15 is 0 Å². The first-order valence-corrected chi connectivity index (χ1v) is 23.2. The highest BCUT2D eigenvalue weighted by molar-refractivity contribution is 9.10. The minimum atomic E-state index is -4.66. The number of hydrogen-bond donors (Lipinski definition) is 6. The Morgan fingerprint density at radius 2 is 1.39 bits per heavy atom. The van der Waals surface area contributed by atoms with Gasteiger partial charge in [0.25, 0.3) is 0 Å². The summed E-state index contributed by atoms with van der Waals surface area (Å²) < 4.78 is 23.8. The lowest BCUT2D eigenvalue weighted by Gasteiger charge is -2.24. The molecule has 0 fully saturated rings. The van der Waals surface area contributed by atoms with E-state index in [-0.39, 0.29) is 43.7 Å². The third-order valence-electron chi connectivity index (χ3n) is 9.94. The molecule has 4 amide bonds. The predicted molar refractivity (Wildman–Crippen MR) is 226 cm³/mol. The van der Waals surface area contributed by atoms with Crippen LogP contribution in [0.2, 0.25) is 0 Å². The van der Waals surface area contributed by atoms with E-state index in [1.165, 1.54) is 57.8 Å². The van der Waals surface area contributed by atoms with Gasteiger partial charge in [-0.15, -0.1) is 0 Å². The molecule has 15 heteroatoms. The first-order valence-electron chi connectivity index (χ1n) is 20.9. The molecule has 0 saturated heterocycles. The van der Waals surface area contributed by atoms with E-state index in [0.29, 0.717) is 19.4 Å². The second kappa shape index (κ2) is 28.6. The summed E-state index contributed by atoms with van der Waals surface area (Å²) in [6.07, 6.45) is 19.8. The lowest BCUT2D eigenvalue weighted by atomic mass is 9.98. The molecule has 0 aliphatic carbocycles. The molecule has 0 aliphatic rings. The highest BCUT2D eigenvalue weighted by atomic mass is 79.9.